The third-order valence-corrected chi connectivity index (χ3v) is 4.13. The van der Waals surface area contributed by atoms with Crippen molar-refractivity contribution in [2.45, 2.75) is 6.18 Å². The summed E-state index contributed by atoms with van der Waals surface area (Å²) in [4.78, 5) is 16.4. The Balaban J connectivity index is 1.83. The van der Waals surface area contributed by atoms with E-state index in [1.165, 1.54) is 34.9 Å². The predicted molar refractivity (Wildman–Crippen MR) is 86.9 cm³/mol. The second-order valence-corrected chi connectivity index (χ2v) is 5.76. The van der Waals surface area contributed by atoms with Crippen molar-refractivity contribution >= 4 is 22.9 Å². The number of nitrogens with zero attached hydrogens (tertiary/aromatic N) is 1. The Morgan fingerprint density at radius 1 is 1.00 bits per heavy atom. The highest BCUT2D eigenvalue weighted by Gasteiger charge is 2.33. The van der Waals surface area contributed by atoms with E-state index in [1.807, 2.05) is 30.3 Å². The number of halogens is 3. The van der Waals surface area contributed by atoms with E-state index >= 15 is 0 Å². The monoisotopic (exact) mass is 348 g/mol. The van der Waals surface area contributed by atoms with Crippen molar-refractivity contribution in [1.29, 1.82) is 0 Å². The summed E-state index contributed by atoms with van der Waals surface area (Å²) in [5, 5.41) is 4.43. The smallest absolute Gasteiger partial charge is 0.320 e. The van der Waals surface area contributed by atoms with Crippen molar-refractivity contribution in [2.24, 2.45) is 0 Å². The number of hydrogen-bond acceptors (Lipinski definition) is 3. The van der Waals surface area contributed by atoms with Crippen LogP contribution in [0.5, 0.6) is 0 Å². The van der Waals surface area contributed by atoms with Gasteiger partial charge in [0.2, 0.25) is 0 Å². The number of rotatable bonds is 3. The van der Waals surface area contributed by atoms with Gasteiger partial charge in [-0.25, -0.2) is 4.98 Å². The molecule has 1 amide bonds. The zero-order valence-electron chi connectivity index (χ0n) is 12.2. The molecule has 0 fully saturated rings. The first kappa shape index (κ1) is 16.2. The number of nitrogens with one attached hydrogen (secondary N) is 1. The molecule has 0 unspecified atom stereocenters. The van der Waals surface area contributed by atoms with Crippen molar-refractivity contribution in [2.75, 3.05) is 5.32 Å². The zero-order chi connectivity index (χ0) is 17.2. The second-order valence-electron chi connectivity index (χ2n) is 4.90. The number of benzene rings is 2. The molecule has 122 valence electrons. The highest BCUT2D eigenvalue weighted by molar-refractivity contribution is 7.13. The third kappa shape index (κ3) is 3.46. The van der Waals surface area contributed by atoms with Gasteiger partial charge in [0, 0.05) is 10.9 Å². The molecule has 1 N–H and O–H groups in total. The van der Waals surface area contributed by atoms with E-state index in [-0.39, 0.29) is 11.4 Å². The van der Waals surface area contributed by atoms with Gasteiger partial charge in [0.25, 0.3) is 5.91 Å². The summed E-state index contributed by atoms with van der Waals surface area (Å²) in [6.07, 6.45) is -4.54. The lowest BCUT2D eigenvalue weighted by atomic mass is 10.1. The van der Waals surface area contributed by atoms with Crippen LogP contribution in [-0.2, 0) is 6.18 Å². The summed E-state index contributed by atoms with van der Waals surface area (Å²) < 4.78 is 38.9. The van der Waals surface area contributed by atoms with Gasteiger partial charge in [0.1, 0.15) is 10.7 Å². The lowest BCUT2D eigenvalue weighted by Gasteiger charge is -2.12. The second kappa shape index (κ2) is 6.45. The fourth-order valence-corrected chi connectivity index (χ4v) is 2.92. The van der Waals surface area contributed by atoms with Crippen LogP contribution in [0.3, 0.4) is 0 Å². The molecular weight excluding hydrogens is 337 g/mol. The van der Waals surface area contributed by atoms with E-state index in [2.05, 4.69) is 10.3 Å². The Morgan fingerprint density at radius 2 is 1.67 bits per heavy atom. The minimum absolute atomic E-state index is 0.0795. The lowest BCUT2D eigenvalue weighted by Crippen LogP contribution is -2.16. The van der Waals surface area contributed by atoms with E-state index in [0.717, 1.165) is 11.6 Å². The van der Waals surface area contributed by atoms with E-state index in [1.54, 1.807) is 0 Å². The lowest BCUT2D eigenvalue weighted by molar-refractivity contribution is -0.136. The molecule has 0 aliphatic carbocycles. The van der Waals surface area contributed by atoms with Gasteiger partial charge in [-0.2, -0.15) is 13.2 Å². The third-order valence-electron chi connectivity index (χ3n) is 3.24. The molecule has 0 saturated carbocycles. The number of aromatic nitrogens is 1. The van der Waals surface area contributed by atoms with Gasteiger partial charge in [0.05, 0.1) is 11.3 Å². The quantitative estimate of drug-likeness (QED) is 0.717. The molecule has 0 atom stereocenters. The molecule has 0 aliphatic heterocycles. The van der Waals surface area contributed by atoms with Gasteiger partial charge < -0.3 is 5.32 Å². The van der Waals surface area contributed by atoms with Crippen LogP contribution in [0.2, 0.25) is 0 Å². The van der Waals surface area contributed by atoms with Crippen LogP contribution in [0.1, 0.15) is 16.1 Å². The first-order valence-electron chi connectivity index (χ1n) is 6.93. The number of amides is 1. The molecule has 0 spiro atoms. The molecule has 3 aromatic rings. The Labute approximate surface area is 139 Å². The number of hydrogen-bond donors (Lipinski definition) is 1. The van der Waals surface area contributed by atoms with Gasteiger partial charge in [-0.1, -0.05) is 42.5 Å². The van der Waals surface area contributed by atoms with E-state index in [9.17, 15) is 18.0 Å². The number of alkyl halides is 3. The van der Waals surface area contributed by atoms with Gasteiger partial charge in [0.15, 0.2) is 0 Å². The molecule has 1 heterocycles. The molecule has 0 saturated heterocycles. The van der Waals surface area contributed by atoms with Crippen LogP contribution in [0.25, 0.3) is 10.6 Å². The Bertz CT molecular complexity index is 860. The van der Waals surface area contributed by atoms with Crippen molar-refractivity contribution in [3.8, 4) is 10.6 Å². The van der Waals surface area contributed by atoms with Crippen molar-refractivity contribution < 1.29 is 18.0 Å². The van der Waals surface area contributed by atoms with Crippen LogP contribution < -0.4 is 5.32 Å². The standard InChI is InChI=1S/C17H11F3N2OS/c18-17(19,20)12-8-4-5-9-13(12)21-15(23)14-10-24-16(22-14)11-6-2-1-3-7-11/h1-10H,(H,21,23). The average Bonchev–Trinajstić information content (AvgIpc) is 3.05. The normalized spacial score (nSPS) is 11.3. The molecule has 24 heavy (non-hydrogen) atoms. The maximum atomic E-state index is 13.0. The number of carbonyl (C=O) groups excluding carboxylic acids is 1. The maximum Gasteiger partial charge on any atom is 0.418 e. The topological polar surface area (TPSA) is 42.0 Å². The first-order valence-corrected chi connectivity index (χ1v) is 7.81. The van der Waals surface area contributed by atoms with E-state index in [4.69, 9.17) is 0 Å². The molecule has 1 aromatic heterocycles. The van der Waals surface area contributed by atoms with Crippen molar-refractivity contribution in [3.05, 3.63) is 71.2 Å². The number of anilines is 1. The number of para-hydroxylation sites is 1. The predicted octanol–water partition coefficient (Wildman–Crippen LogP) is 5.08. The Hall–Kier alpha value is -2.67. The summed E-state index contributed by atoms with van der Waals surface area (Å²) in [6, 6.07) is 14.1. The molecule has 3 nitrogen and oxygen atoms in total. The number of carbonyl (C=O) groups is 1. The molecule has 2 aromatic carbocycles. The van der Waals surface area contributed by atoms with Crippen molar-refractivity contribution in [3.63, 3.8) is 0 Å². The van der Waals surface area contributed by atoms with Crippen LogP contribution in [0.4, 0.5) is 18.9 Å². The summed E-state index contributed by atoms with van der Waals surface area (Å²) in [5.41, 5.74) is -0.255. The summed E-state index contributed by atoms with van der Waals surface area (Å²) in [6.45, 7) is 0. The molecular formula is C17H11F3N2OS. The zero-order valence-corrected chi connectivity index (χ0v) is 13.0. The molecule has 0 bridgehead atoms. The Morgan fingerprint density at radius 3 is 2.38 bits per heavy atom. The molecule has 3 rings (SSSR count). The highest BCUT2D eigenvalue weighted by Crippen LogP contribution is 2.34. The van der Waals surface area contributed by atoms with Crippen LogP contribution in [0.15, 0.2) is 60.0 Å². The van der Waals surface area contributed by atoms with Crippen LogP contribution >= 0.6 is 11.3 Å². The van der Waals surface area contributed by atoms with Crippen LogP contribution in [0, 0.1) is 0 Å². The Kier molecular flexibility index (Phi) is 4.35. The van der Waals surface area contributed by atoms with Crippen molar-refractivity contribution in [1.82, 2.24) is 4.98 Å². The maximum absolute atomic E-state index is 13.0. The van der Waals surface area contributed by atoms with Gasteiger partial charge in [-0.05, 0) is 12.1 Å². The SMILES string of the molecule is O=C(Nc1ccccc1C(F)(F)F)c1csc(-c2ccccc2)n1. The molecule has 0 aliphatic rings. The summed E-state index contributed by atoms with van der Waals surface area (Å²) >= 11 is 1.26. The van der Waals surface area contributed by atoms with E-state index in [0.29, 0.717) is 5.01 Å². The van der Waals surface area contributed by atoms with Gasteiger partial charge in [-0.3, -0.25) is 4.79 Å². The van der Waals surface area contributed by atoms with Gasteiger partial charge >= 0.3 is 6.18 Å². The van der Waals surface area contributed by atoms with Crippen LogP contribution in [-0.4, -0.2) is 10.9 Å². The molecule has 7 heteroatoms. The van der Waals surface area contributed by atoms with Gasteiger partial charge in [-0.15, -0.1) is 11.3 Å². The summed E-state index contributed by atoms with van der Waals surface area (Å²) in [5.74, 6) is -0.676. The minimum Gasteiger partial charge on any atom is -0.320 e. The highest BCUT2D eigenvalue weighted by atomic mass is 32.1. The minimum atomic E-state index is -4.54. The first-order chi connectivity index (χ1) is 11.4. The largest absolute Gasteiger partial charge is 0.418 e. The van der Waals surface area contributed by atoms with E-state index < -0.39 is 17.6 Å². The number of thiazole rings is 1. The fraction of sp³-hybridized carbons (Fsp3) is 0.0588. The fourth-order valence-electron chi connectivity index (χ4n) is 2.12. The molecule has 0 radical (unpaired) electrons. The summed E-state index contributed by atoms with van der Waals surface area (Å²) in [7, 11) is 0. The average molecular weight is 348 g/mol.